The normalized spacial score (nSPS) is 21.8. The molecule has 1 atom stereocenters. The number of sulfone groups is 1. The van der Waals surface area contributed by atoms with Crippen molar-refractivity contribution in [1.29, 1.82) is 0 Å². The monoisotopic (exact) mass is 320 g/mol. The maximum Gasteiger partial charge on any atom is 0.322 e. The zero-order chi connectivity index (χ0) is 14.8. The smallest absolute Gasteiger partial charge is 0.322 e. The van der Waals surface area contributed by atoms with E-state index in [9.17, 15) is 8.42 Å². The molecule has 0 bridgehead atoms. The van der Waals surface area contributed by atoms with Crippen LogP contribution in [0.4, 0.5) is 5.95 Å². The van der Waals surface area contributed by atoms with Crippen molar-refractivity contribution >= 4 is 27.4 Å². The Labute approximate surface area is 123 Å². The SMILES string of the molecule is CCCOc1nc(Cl)nc(N2CCS(=O)(=O)CC2C)n1. The summed E-state index contributed by atoms with van der Waals surface area (Å²) in [6.45, 7) is 4.63. The van der Waals surface area contributed by atoms with Crippen LogP contribution in [0.25, 0.3) is 0 Å². The van der Waals surface area contributed by atoms with Gasteiger partial charge in [0.1, 0.15) is 0 Å². The van der Waals surface area contributed by atoms with Gasteiger partial charge in [0.2, 0.25) is 11.2 Å². The number of anilines is 1. The van der Waals surface area contributed by atoms with Crippen molar-refractivity contribution in [2.75, 3.05) is 29.6 Å². The number of halogens is 1. The van der Waals surface area contributed by atoms with Gasteiger partial charge in [-0.15, -0.1) is 0 Å². The average Bonchev–Trinajstić information content (AvgIpc) is 2.34. The van der Waals surface area contributed by atoms with Crippen LogP contribution in [0.2, 0.25) is 5.28 Å². The van der Waals surface area contributed by atoms with Crippen molar-refractivity contribution in [1.82, 2.24) is 15.0 Å². The Morgan fingerprint density at radius 2 is 2.15 bits per heavy atom. The predicted molar refractivity (Wildman–Crippen MR) is 76.1 cm³/mol. The van der Waals surface area contributed by atoms with Gasteiger partial charge in [0.05, 0.1) is 18.1 Å². The lowest BCUT2D eigenvalue weighted by Gasteiger charge is -2.33. The van der Waals surface area contributed by atoms with Gasteiger partial charge in [-0.1, -0.05) is 6.92 Å². The number of rotatable bonds is 4. The largest absolute Gasteiger partial charge is 0.463 e. The predicted octanol–water partition coefficient (Wildman–Crippen LogP) is 0.937. The third-order valence-electron chi connectivity index (χ3n) is 2.94. The van der Waals surface area contributed by atoms with E-state index in [1.165, 1.54) is 0 Å². The van der Waals surface area contributed by atoms with Crippen LogP contribution in [0.1, 0.15) is 20.3 Å². The molecule has 1 aromatic rings. The fourth-order valence-electron chi connectivity index (χ4n) is 2.00. The Morgan fingerprint density at radius 1 is 1.40 bits per heavy atom. The molecule has 0 aromatic carbocycles. The molecule has 2 heterocycles. The van der Waals surface area contributed by atoms with E-state index in [4.69, 9.17) is 16.3 Å². The summed E-state index contributed by atoms with van der Waals surface area (Å²) in [5.74, 6) is 0.534. The molecule has 1 aliphatic rings. The topological polar surface area (TPSA) is 85.3 Å². The maximum absolute atomic E-state index is 11.6. The van der Waals surface area contributed by atoms with Gasteiger partial charge >= 0.3 is 6.01 Å². The van der Waals surface area contributed by atoms with Gasteiger partial charge in [0, 0.05) is 12.6 Å². The molecule has 0 N–H and O–H groups in total. The first-order valence-corrected chi connectivity index (χ1v) is 8.62. The third kappa shape index (κ3) is 3.69. The number of ether oxygens (including phenoxy) is 1. The summed E-state index contributed by atoms with van der Waals surface area (Å²) in [6, 6.07) is -0.0336. The van der Waals surface area contributed by atoms with Crippen molar-refractivity contribution in [2.24, 2.45) is 0 Å². The van der Waals surface area contributed by atoms with E-state index < -0.39 is 9.84 Å². The zero-order valence-corrected chi connectivity index (χ0v) is 13.0. The Bertz CT molecular complexity index is 581. The minimum Gasteiger partial charge on any atom is -0.463 e. The minimum atomic E-state index is -2.98. The van der Waals surface area contributed by atoms with Gasteiger partial charge < -0.3 is 9.64 Å². The van der Waals surface area contributed by atoms with E-state index in [1.54, 1.807) is 0 Å². The highest BCUT2D eigenvalue weighted by Gasteiger charge is 2.30. The standard InChI is InChI=1S/C11H17ClN4O3S/c1-3-5-19-11-14-9(12)13-10(15-11)16-4-6-20(17,18)7-8(16)2/h8H,3-7H2,1-2H3. The second-order valence-electron chi connectivity index (χ2n) is 4.69. The van der Waals surface area contributed by atoms with Crippen LogP contribution in [0.15, 0.2) is 0 Å². The van der Waals surface area contributed by atoms with E-state index in [1.807, 2.05) is 18.7 Å². The van der Waals surface area contributed by atoms with Crippen LogP contribution < -0.4 is 9.64 Å². The van der Waals surface area contributed by atoms with Crippen LogP contribution in [0, 0.1) is 0 Å². The van der Waals surface area contributed by atoms with Gasteiger partial charge in [-0.3, -0.25) is 0 Å². The molecule has 2 rings (SSSR count). The first-order valence-electron chi connectivity index (χ1n) is 6.42. The van der Waals surface area contributed by atoms with Gasteiger partial charge in [0.25, 0.3) is 0 Å². The molecule has 0 spiro atoms. The molecule has 1 aromatic heterocycles. The van der Waals surface area contributed by atoms with Gasteiger partial charge in [-0.2, -0.15) is 15.0 Å². The maximum atomic E-state index is 11.6. The molecule has 0 saturated carbocycles. The average molecular weight is 321 g/mol. The summed E-state index contributed by atoms with van der Waals surface area (Å²) in [5.41, 5.74) is 0. The fourth-order valence-corrected chi connectivity index (χ4v) is 3.71. The lowest BCUT2D eigenvalue weighted by molar-refractivity contribution is 0.291. The molecular weight excluding hydrogens is 304 g/mol. The Morgan fingerprint density at radius 3 is 2.80 bits per heavy atom. The summed E-state index contributed by atoms with van der Waals surface area (Å²) in [7, 11) is -2.98. The minimum absolute atomic E-state index is 0.0433. The molecule has 112 valence electrons. The van der Waals surface area contributed by atoms with Gasteiger partial charge in [-0.05, 0) is 24.9 Å². The van der Waals surface area contributed by atoms with Crippen molar-refractivity contribution in [3.05, 3.63) is 5.28 Å². The van der Waals surface area contributed by atoms with Crippen molar-refractivity contribution in [3.8, 4) is 6.01 Å². The summed E-state index contributed by atoms with van der Waals surface area (Å²) in [6.07, 6.45) is 0.830. The molecule has 9 heteroatoms. The van der Waals surface area contributed by atoms with Crippen LogP contribution in [0.5, 0.6) is 6.01 Å². The third-order valence-corrected chi connectivity index (χ3v) is 4.90. The Hall–Kier alpha value is -1.15. The van der Waals surface area contributed by atoms with Crippen LogP contribution in [-0.4, -0.2) is 54.1 Å². The van der Waals surface area contributed by atoms with Crippen LogP contribution in [0.3, 0.4) is 0 Å². The van der Waals surface area contributed by atoms with Crippen molar-refractivity contribution in [2.45, 2.75) is 26.3 Å². The number of nitrogens with zero attached hydrogens (tertiary/aromatic N) is 4. The molecular formula is C11H17ClN4O3S. The lowest BCUT2D eigenvalue weighted by Crippen LogP contribution is -2.47. The van der Waals surface area contributed by atoms with Gasteiger partial charge in [-0.25, -0.2) is 8.42 Å². The first kappa shape index (κ1) is 15.2. The van der Waals surface area contributed by atoms with E-state index in [0.29, 0.717) is 19.1 Å². The zero-order valence-electron chi connectivity index (χ0n) is 11.4. The summed E-state index contributed by atoms with van der Waals surface area (Å²) >= 11 is 5.86. The molecule has 20 heavy (non-hydrogen) atoms. The van der Waals surface area contributed by atoms with E-state index >= 15 is 0 Å². The lowest BCUT2D eigenvalue weighted by atomic mass is 10.3. The van der Waals surface area contributed by atoms with Crippen LogP contribution >= 0.6 is 11.6 Å². The van der Waals surface area contributed by atoms with Crippen molar-refractivity contribution < 1.29 is 13.2 Å². The second kappa shape index (κ2) is 6.09. The molecule has 0 aliphatic carbocycles. The van der Waals surface area contributed by atoms with Crippen molar-refractivity contribution in [3.63, 3.8) is 0 Å². The molecule has 1 unspecified atom stereocenters. The second-order valence-corrected chi connectivity index (χ2v) is 7.26. The molecule has 0 amide bonds. The summed E-state index contributed by atoms with van der Waals surface area (Å²) in [5, 5.41) is 0.0433. The molecule has 7 nitrogen and oxygen atoms in total. The number of hydrogen-bond donors (Lipinski definition) is 0. The molecule has 1 fully saturated rings. The summed E-state index contributed by atoms with van der Waals surface area (Å²) < 4.78 is 28.5. The highest BCUT2D eigenvalue weighted by molar-refractivity contribution is 7.91. The van der Waals surface area contributed by atoms with E-state index in [2.05, 4.69) is 15.0 Å². The Balaban J connectivity index is 2.22. The fraction of sp³-hybridized carbons (Fsp3) is 0.727. The van der Waals surface area contributed by atoms with Gasteiger partial charge in [0.15, 0.2) is 9.84 Å². The molecule has 1 saturated heterocycles. The summed E-state index contributed by atoms with van der Waals surface area (Å²) in [4.78, 5) is 14.0. The quantitative estimate of drug-likeness (QED) is 0.816. The number of hydrogen-bond acceptors (Lipinski definition) is 7. The first-order chi connectivity index (χ1) is 9.41. The highest BCUT2D eigenvalue weighted by Crippen LogP contribution is 2.21. The van der Waals surface area contributed by atoms with Crippen LogP contribution in [-0.2, 0) is 9.84 Å². The molecule has 0 radical (unpaired) electrons. The Kier molecular flexibility index (Phi) is 4.64. The number of aromatic nitrogens is 3. The van der Waals surface area contributed by atoms with E-state index in [0.717, 1.165) is 6.42 Å². The molecule has 1 aliphatic heterocycles. The van der Waals surface area contributed by atoms with E-state index in [-0.39, 0.29) is 28.8 Å². The highest BCUT2D eigenvalue weighted by atomic mass is 35.5.